The van der Waals surface area contributed by atoms with E-state index in [9.17, 15) is 18.0 Å². The fraction of sp³-hybridized carbons (Fsp3) is 0.344. The predicted molar refractivity (Wildman–Crippen MR) is 169 cm³/mol. The number of carbonyl (C=O) groups is 2. The standard InChI is InChI=1S/C32H29Cl2FN4O5S/c1-44-30(40)17-7-10-24-23(15-17)36-29-26-25(11-13-38(24)29)39(12-4-14-45(2,42)43)32(27(26)19-5-3-6-21(34)28(19)35)20-9-8-18(33)16-22(20)37-31(32)41/h3,5-10,15-16,25-27H,4,11-14H2,1-2H3,(H,37,41)/t25-,26+,27-,32+/m0/s1. The van der Waals surface area contributed by atoms with Crippen LogP contribution in [0.5, 0.6) is 0 Å². The largest absolute Gasteiger partial charge is 0.465 e. The van der Waals surface area contributed by atoms with Gasteiger partial charge in [0.25, 0.3) is 0 Å². The minimum atomic E-state index is -3.29. The number of aryl methyl sites for hydroxylation is 1. The molecule has 3 aliphatic rings. The summed E-state index contributed by atoms with van der Waals surface area (Å²) in [4.78, 5) is 34.0. The van der Waals surface area contributed by atoms with Crippen LogP contribution < -0.4 is 5.32 Å². The summed E-state index contributed by atoms with van der Waals surface area (Å²) in [6.45, 7) is 0.804. The molecule has 0 radical (unpaired) electrons. The highest BCUT2D eigenvalue weighted by molar-refractivity contribution is 7.90. The van der Waals surface area contributed by atoms with Crippen molar-refractivity contribution in [2.75, 3.05) is 31.0 Å². The van der Waals surface area contributed by atoms with Gasteiger partial charge < -0.3 is 14.6 Å². The Hall–Kier alpha value is -3.51. The number of benzene rings is 3. The fourth-order valence-corrected chi connectivity index (χ4v) is 8.83. The zero-order valence-electron chi connectivity index (χ0n) is 24.4. The third-order valence-corrected chi connectivity index (χ3v) is 11.0. The number of halogens is 3. The SMILES string of the molecule is COC(=O)c1ccc2c(c1)nc1n2CC[C@H]2[C@@H]1[C@H](c1cccc(Cl)c1F)[C@]1(C(=O)Nc3cc(Cl)ccc31)N2CCCS(C)(=O)=O. The number of methoxy groups -OCH3 is 1. The number of ether oxygens (including phenoxy) is 1. The Morgan fingerprint density at radius 1 is 1.18 bits per heavy atom. The summed E-state index contributed by atoms with van der Waals surface area (Å²) in [5, 5.41) is 3.37. The van der Waals surface area contributed by atoms with Crippen molar-refractivity contribution in [3.05, 3.63) is 93.0 Å². The van der Waals surface area contributed by atoms with Crippen molar-refractivity contribution in [2.45, 2.75) is 42.8 Å². The summed E-state index contributed by atoms with van der Waals surface area (Å²) in [7, 11) is -1.98. The van der Waals surface area contributed by atoms with Crippen LogP contribution in [0, 0.1) is 5.82 Å². The van der Waals surface area contributed by atoms with Gasteiger partial charge in [0.15, 0.2) is 0 Å². The average Bonchev–Trinajstić information content (AvgIpc) is 3.61. The summed E-state index contributed by atoms with van der Waals surface area (Å²) < 4.78 is 47.6. The molecule has 4 heterocycles. The first-order valence-electron chi connectivity index (χ1n) is 14.5. The van der Waals surface area contributed by atoms with Crippen LogP contribution >= 0.6 is 23.2 Å². The highest BCUT2D eigenvalue weighted by Crippen LogP contribution is 2.64. The van der Waals surface area contributed by atoms with Crippen molar-refractivity contribution in [3.8, 4) is 0 Å². The van der Waals surface area contributed by atoms with Crippen molar-refractivity contribution in [3.63, 3.8) is 0 Å². The molecule has 0 unspecified atom stereocenters. The van der Waals surface area contributed by atoms with E-state index in [1.165, 1.54) is 19.4 Å². The number of hydrogen-bond acceptors (Lipinski definition) is 7. The second-order valence-corrected chi connectivity index (χ2v) is 15.0. The molecule has 0 saturated carbocycles. The van der Waals surface area contributed by atoms with Crippen LogP contribution in [-0.4, -0.2) is 66.5 Å². The van der Waals surface area contributed by atoms with Crippen LogP contribution in [0.15, 0.2) is 54.6 Å². The van der Waals surface area contributed by atoms with Crippen molar-refractivity contribution < 1.29 is 27.1 Å². The number of esters is 1. The van der Waals surface area contributed by atoms with Gasteiger partial charge in [-0.25, -0.2) is 22.6 Å². The van der Waals surface area contributed by atoms with Gasteiger partial charge in [0, 0.05) is 53.5 Å². The number of fused-ring (bicyclic) bond motifs is 7. The van der Waals surface area contributed by atoms with Crippen molar-refractivity contribution >= 4 is 61.6 Å². The van der Waals surface area contributed by atoms with Gasteiger partial charge in [-0.1, -0.05) is 41.4 Å². The summed E-state index contributed by atoms with van der Waals surface area (Å²) in [5.74, 6) is -2.21. The maximum Gasteiger partial charge on any atom is 0.337 e. The highest BCUT2D eigenvalue weighted by Gasteiger charge is 2.68. The minimum Gasteiger partial charge on any atom is -0.465 e. The zero-order chi connectivity index (χ0) is 31.8. The molecule has 1 aromatic heterocycles. The number of aromatic nitrogens is 2. The number of rotatable bonds is 6. The maximum absolute atomic E-state index is 16.3. The van der Waals surface area contributed by atoms with Crippen LogP contribution in [0.3, 0.4) is 0 Å². The van der Waals surface area contributed by atoms with E-state index in [-0.39, 0.29) is 41.3 Å². The topological polar surface area (TPSA) is 111 Å². The molecule has 7 rings (SSSR count). The number of nitrogens with one attached hydrogen (secondary N) is 1. The van der Waals surface area contributed by atoms with E-state index in [4.69, 9.17) is 32.9 Å². The maximum atomic E-state index is 16.3. The molecule has 1 N–H and O–H groups in total. The number of carbonyl (C=O) groups excluding carboxylic acids is 2. The lowest BCUT2D eigenvalue weighted by Crippen LogP contribution is -2.52. The second-order valence-electron chi connectivity index (χ2n) is 11.9. The minimum absolute atomic E-state index is 0.0723. The van der Waals surface area contributed by atoms with Crippen molar-refractivity contribution in [2.24, 2.45) is 0 Å². The molecule has 3 aromatic carbocycles. The Kier molecular flexibility index (Phi) is 7.23. The van der Waals surface area contributed by atoms with Crippen LogP contribution in [0.25, 0.3) is 11.0 Å². The number of sulfone groups is 1. The van der Waals surface area contributed by atoms with Gasteiger partial charge in [0.2, 0.25) is 5.91 Å². The smallest absolute Gasteiger partial charge is 0.337 e. The summed E-state index contributed by atoms with van der Waals surface area (Å²) >= 11 is 12.7. The summed E-state index contributed by atoms with van der Waals surface area (Å²) in [6.07, 6.45) is 2.03. The first-order chi connectivity index (χ1) is 21.5. The Bertz CT molecular complexity index is 2020. The monoisotopic (exact) mass is 670 g/mol. The van der Waals surface area contributed by atoms with Crippen LogP contribution in [0.4, 0.5) is 10.1 Å². The molecule has 9 nitrogen and oxygen atoms in total. The molecule has 4 atom stereocenters. The normalized spacial score (nSPS) is 24.0. The lowest BCUT2D eigenvalue weighted by atomic mass is 9.70. The molecular formula is C32H29Cl2FN4O5S. The molecule has 0 aliphatic carbocycles. The number of anilines is 1. The summed E-state index contributed by atoms with van der Waals surface area (Å²) in [6, 6.07) is 14.8. The Morgan fingerprint density at radius 2 is 1.98 bits per heavy atom. The number of nitrogens with zero attached hydrogens (tertiary/aromatic N) is 3. The van der Waals surface area contributed by atoms with Gasteiger partial charge in [-0.3, -0.25) is 9.69 Å². The third kappa shape index (κ3) is 4.58. The molecule has 234 valence electrons. The molecule has 0 bridgehead atoms. The first kappa shape index (κ1) is 30.2. The first-order valence-corrected chi connectivity index (χ1v) is 17.4. The number of likely N-dealkylation sites (tertiary alicyclic amines) is 1. The van der Waals surface area contributed by atoms with Crippen molar-refractivity contribution in [1.29, 1.82) is 0 Å². The second kappa shape index (κ2) is 10.8. The fourth-order valence-electron chi connectivity index (χ4n) is 7.82. The molecule has 1 spiro atoms. The third-order valence-electron chi connectivity index (χ3n) is 9.44. The Balaban J connectivity index is 1.50. The Morgan fingerprint density at radius 3 is 2.73 bits per heavy atom. The predicted octanol–water partition coefficient (Wildman–Crippen LogP) is 5.51. The van der Waals surface area contributed by atoms with Crippen LogP contribution in [0.2, 0.25) is 10.0 Å². The lowest BCUT2D eigenvalue weighted by molar-refractivity contribution is -0.127. The van der Waals surface area contributed by atoms with Gasteiger partial charge in [-0.05, 0) is 54.8 Å². The Labute approximate surface area is 269 Å². The molecule has 4 aromatic rings. The molecular weight excluding hydrogens is 642 g/mol. The van der Waals surface area contributed by atoms with Gasteiger partial charge in [-0.15, -0.1) is 0 Å². The molecule has 45 heavy (non-hydrogen) atoms. The van der Waals surface area contributed by atoms with Gasteiger partial charge >= 0.3 is 5.97 Å². The van der Waals surface area contributed by atoms with Crippen LogP contribution in [0.1, 0.15) is 52.0 Å². The van der Waals surface area contributed by atoms with E-state index in [1.807, 2.05) is 6.07 Å². The quantitative estimate of drug-likeness (QED) is 0.270. The molecule has 13 heteroatoms. The van der Waals surface area contributed by atoms with E-state index in [0.29, 0.717) is 46.1 Å². The van der Waals surface area contributed by atoms with E-state index < -0.39 is 39.0 Å². The number of imidazole rings is 1. The molecule has 1 saturated heterocycles. The summed E-state index contributed by atoms with van der Waals surface area (Å²) in [5.41, 5.74) is 1.70. The van der Waals surface area contributed by atoms with E-state index in [0.717, 1.165) is 5.52 Å². The van der Waals surface area contributed by atoms with Gasteiger partial charge in [0.1, 0.15) is 27.0 Å². The van der Waals surface area contributed by atoms with E-state index in [2.05, 4.69) is 14.8 Å². The number of hydrogen-bond donors (Lipinski definition) is 1. The van der Waals surface area contributed by atoms with E-state index in [1.54, 1.807) is 42.5 Å². The molecule has 1 amide bonds. The average molecular weight is 672 g/mol. The molecule has 1 fully saturated rings. The van der Waals surface area contributed by atoms with E-state index >= 15 is 4.39 Å². The lowest BCUT2D eigenvalue weighted by Gasteiger charge is -2.40. The van der Waals surface area contributed by atoms with Crippen molar-refractivity contribution in [1.82, 2.24) is 14.5 Å². The highest BCUT2D eigenvalue weighted by atomic mass is 35.5. The van der Waals surface area contributed by atoms with Gasteiger partial charge in [-0.2, -0.15) is 0 Å². The zero-order valence-corrected chi connectivity index (χ0v) is 26.7. The van der Waals surface area contributed by atoms with Crippen LogP contribution in [-0.2, 0) is 31.5 Å². The number of amides is 1. The molecule has 3 aliphatic heterocycles. The van der Waals surface area contributed by atoms with Gasteiger partial charge in [0.05, 0.1) is 34.5 Å².